The summed E-state index contributed by atoms with van der Waals surface area (Å²) in [4.78, 5) is 19.3. The van der Waals surface area contributed by atoms with Crippen molar-refractivity contribution >= 4 is 32.6 Å². The van der Waals surface area contributed by atoms with Crippen LogP contribution in [0.2, 0.25) is 0 Å². The molecule has 0 unspecified atom stereocenters. The lowest BCUT2D eigenvalue weighted by Gasteiger charge is -2.31. The van der Waals surface area contributed by atoms with Gasteiger partial charge in [-0.05, 0) is 37.8 Å². The quantitative estimate of drug-likeness (QED) is 0.887. The van der Waals surface area contributed by atoms with Crippen LogP contribution in [0.1, 0.15) is 25.7 Å². The number of nitrogens with zero attached hydrogens (tertiary/aromatic N) is 2. The second-order valence-electron chi connectivity index (χ2n) is 6.69. The monoisotopic (exact) mass is 361 g/mol. The zero-order valence-corrected chi connectivity index (χ0v) is 15.4. The summed E-state index contributed by atoms with van der Waals surface area (Å²) in [6, 6.07) is 4.24. The van der Waals surface area contributed by atoms with E-state index in [4.69, 9.17) is 14.5 Å². The van der Waals surface area contributed by atoms with Crippen molar-refractivity contribution in [1.29, 1.82) is 0 Å². The number of fused-ring (bicyclic) bond motifs is 1. The van der Waals surface area contributed by atoms with Crippen molar-refractivity contribution in [2.24, 2.45) is 5.92 Å². The molecule has 7 heteroatoms. The highest BCUT2D eigenvalue weighted by Crippen LogP contribution is 2.40. The van der Waals surface area contributed by atoms with E-state index in [2.05, 4.69) is 10.2 Å². The lowest BCUT2D eigenvalue weighted by molar-refractivity contribution is -0.125. The first kappa shape index (κ1) is 16.4. The highest BCUT2D eigenvalue weighted by atomic mass is 32.1. The van der Waals surface area contributed by atoms with Crippen LogP contribution in [0.3, 0.4) is 0 Å². The topological polar surface area (TPSA) is 63.7 Å². The Labute approximate surface area is 151 Å². The average Bonchev–Trinajstić information content (AvgIpc) is 3.34. The number of anilines is 1. The molecule has 1 saturated carbocycles. The van der Waals surface area contributed by atoms with Gasteiger partial charge in [0.05, 0.1) is 14.2 Å². The number of benzene rings is 1. The number of carbonyl (C=O) groups excluding carboxylic acids is 1. The SMILES string of the molecule is COc1ccc(OC)c2sc(N3CCC(C(=O)NC4CC4)CC3)nc12. The molecule has 1 aliphatic heterocycles. The molecule has 1 amide bonds. The third-order valence-corrected chi connectivity index (χ3v) is 6.09. The fraction of sp³-hybridized carbons (Fsp3) is 0.556. The van der Waals surface area contributed by atoms with Gasteiger partial charge in [0.1, 0.15) is 21.7 Å². The Morgan fingerprint density at radius 2 is 1.84 bits per heavy atom. The van der Waals surface area contributed by atoms with Crippen molar-refractivity contribution in [3.05, 3.63) is 12.1 Å². The molecule has 2 heterocycles. The normalized spacial score (nSPS) is 18.4. The summed E-state index contributed by atoms with van der Waals surface area (Å²) in [6.45, 7) is 1.71. The number of rotatable bonds is 5. The Morgan fingerprint density at radius 3 is 2.48 bits per heavy atom. The molecule has 4 rings (SSSR count). The van der Waals surface area contributed by atoms with Gasteiger partial charge in [-0.1, -0.05) is 11.3 Å². The van der Waals surface area contributed by atoms with E-state index in [1.165, 1.54) is 0 Å². The molecule has 1 aromatic heterocycles. The Bertz CT molecular complexity index is 738. The van der Waals surface area contributed by atoms with Gasteiger partial charge in [0.25, 0.3) is 0 Å². The lowest BCUT2D eigenvalue weighted by atomic mass is 9.96. The van der Waals surface area contributed by atoms with Gasteiger partial charge in [-0.25, -0.2) is 4.98 Å². The van der Waals surface area contributed by atoms with E-state index in [0.29, 0.717) is 6.04 Å². The van der Waals surface area contributed by atoms with E-state index in [-0.39, 0.29) is 11.8 Å². The maximum Gasteiger partial charge on any atom is 0.223 e. The first-order chi connectivity index (χ1) is 12.2. The minimum absolute atomic E-state index is 0.135. The molecule has 25 heavy (non-hydrogen) atoms. The van der Waals surface area contributed by atoms with Crippen LogP contribution >= 0.6 is 11.3 Å². The van der Waals surface area contributed by atoms with Crippen molar-refractivity contribution in [3.8, 4) is 11.5 Å². The van der Waals surface area contributed by atoms with Gasteiger partial charge in [0, 0.05) is 25.0 Å². The molecule has 1 aromatic carbocycles. The molecule has 0 spiro atoms. The zero-order chi connectivity index (χ0) is 17.4. The third-order valence-electron chi connectivity index (χ3n) is 4.96. The molecule has 0 radical (unpaired) electrons. The molecule has 2 aromatic rings. The molecule has 134 valence electrons. The molecular formula is C18H23N3O3S. The summed E-state index contributed by atoms with van der Waals surface area (Å²) in [5.74, 6) is 1.94. The Morgan fingerprint density at radius 1 is 1.16 bits per heavy atom. The minimum atomic E-state index is 0.135. The van der Waals surface area contributed by atoms with Crippen molar-refractivity contribution in [2.45, 2.75) is 31.7 Å². The van der Waals surface area contributed by atoms with Gasteiger partial charge in [-0.15, -0.1) is 0 Å². The average molecular weight is 361 g/mol. The van der Waals surface area contributed by atoms with Crippen molar-refractivity contribution < 1.29 is 14.3 Å². The molecule has 1 aliphatic carbocycles. The number of hydrogen-bond acceptors (Lipinski definition) is 6. The van der Waals surface area contributed by atoms with Gasteiger partial charge in [-0.3, -0.25) is 4.79 Å². The molecule has 0 atom stereocenters. The summed E-state index contributed by atoms with van der Waals surface area (Å²) in [5, 5.41) is 4.10. The number of aromatic nitrogens is 1. The number of ether oxygens (including phenoxy) is 2. The minimum Gasteiger partial charge on any atom is -0.495 e. The van der Waals surface area contributed by atoms with Crippen molar-refractivity contribution in [2.75, 3.05) is 32.2 Å². The second kappa shape index (κ2) is 6.71. The van der Waals surface area contributed by atoms with Crippen LogP contribution in [-0.4, -0.2) is 44.2 Å². The fourth-order valence-electron chi connectivity index (χ4n) is 3.29. The van der Waals surface area contributed by atoms with E-state index in [1.807, 2.05) is 12.1 Å². The Hall–Kier alpha value is -2.02. The van der Waals surface area contributed by atoms with Crippen LogP contribution in [0.4, 0.5) is 5.13 Å². The smallest absolute Gasteiger partial charge is 0.223 e. The highest BCUT2D eigenvalue weighted by molar-refractivity contribution is 7.22. The maximum absolute atomic E-state index is 12.2. The first-order valence-corrected chi connectivity index (χ1v) is 9.58. The Kier molecular flexibility index (Phi) is 4.41. The Balaban J connectivity index is 1.50. The molecule has 2 aliphatic rings. The number of methoxy groups -OCH3 is 2. The van der Waals surface area contributed by atoms with Gasteiger partial charge in [0.2, 0.25) is 5.91 Å². The summed E-state index contributed by atoms with van der Waals surface area (Å²) < 4.78 is 11.9. The van der Waals surface area contributed by atoms with Crippen LogP contribution < -0.4 is 19.7 Å². The van der Waals surface area contributed by atoms with Gasteiger partial charge >= 0.3 is 0 Å². The van der Waals surface area contributed by atoms with Crippen molar-refractivity contribution in [1.82, 2.24) is 10.3 Å². The van der Waals surface area contributed by atoms with Gasteiger partial charge in [0.15, 0.2) is 5.13 Å². The van der Waals surface area contributed by atoms with Gasteiger partial charge in [-0.2, -0.15) is 0 Å². The molecule has 2 fully saturated rings. The number of carbonyl (C=O) groups is 1. The number of nitrogens with one attached hydrogen (secondary N) is 1. The number of piperidine rings is 1. The van der Waals surface area contributed by atoms with Crippen LogP contribution in [0, 0.1) is 5.92 Å². The summed E-state index contributed by atoms with van der Waals surface area (Å²) in [5.41, 5.74) is 0.843. The number of thiazole rings is 1. The fourth-order valence-corrected chi connectivity index (χ4v) is 4.42. The maximum atomic E-state index is 12.2. The zero-order valence-electron chi connectivity index (χ0n) is 14.6. The van der Waals surface area contributed by atoms with E-state index < -0.39 is 0 Å². The first-order valence-electron chi connectivity index (χ1n) is 8.76. The summed E-state index contributed by atoms with van der Waals surface area (Å²) in [6.07, 6.45) is 4.03. The van der Waals surface area contributed by atoms with E-state index >= 15 is 0 Å². The predicted molar refractivity (Wildman–Crippen MR) is 98.8 cm³/mol. The molecule has 0 bridgehead atoms. The van der Waals surface area contributed by atoms with Gasteiger partial charge < -0.3 is 19.7 Å². The summed E-state index contributed by atoms with van der Waals surface area (Å²) in [7, 11) is 3.33. The highest BCUT2D eigenvalue weighted by Gasteiger charge is 2.30. The van der Waals surface area contributed by atoms with Crippen LogP contribution in [0.5, 0.6) is 11.5 Å². The number of amides is 1. The third kappa shape index (κ3) is 3.25. The summed E-state index contributed by atoms with van der Waals surface area (Å²) >= 11 is 1.62. The second-order valence-corrected chi connectivity index (χ2v) is 7.67. The molecule has 1 saturated heterocycles. The van der Waals surface area contributed by atoms with E-state index in [1.54, 1.807) is 25.6 Å². The molecule has 1 N–H and O–H groups in total. The largest absolute Gasteiger partial charge is 0.495 e. The van der Waals surface area contributed by atoms with E-state index in [0.717, 1.165) is 65.6 Å². The predicted octanol–water partition coefficient (Wildman–Crippen LogP) is 2.81. The van der Waals surface area contributed by atoms with Crippen LogP contribution in [0.15, 0.2) is 12.1 Å². The van der Waals surface area contributed by atoms with Crippen LogP contribution in [-0.2, 0) is 4.79 Å². The van der Waals surface area contributed by atoms with Crippen molar-refractivity contribution in [3.63, 3.8) is 0 Å². The standard InChI is InChI=1S/C18H23N3O3S/c1-23-13-5-6-14(24-2)16-15(13)20-18(25-16)21-9-7-11(8-10-21)17(22)19-12-3-4-12/h5-6,11-12H,3-4,7-10H2,1-2H3,(H,19,22). The molecular weight excluding hydrogens is 338 g/mol. The molecule has 6 nitrogen and oxygen atoms in total. The lowest BCUT2D eigenvalue weighted by Crippen LogP contribution is -2.41. The number of hydrogen-bond donors (Lipinski definition) is 1. The van der Waals surface area contributed by atoms with Crippen LogP contribution in [0.25, 0.3) is 10.2 Å². The van der Waals surface area contributed by atoms with E-state index in [9.17, 15) is 4.79 Å².